The van der Waals surface area contributed by atoms with Crippen molar-refractivity contribution in [3.8, 4) is 11.5 Å². The number of fused-ring (bicyclic) bond motifs is 2. The van der Waals surface area contributed by atoms with Crippen molar-refractivity contribution in [2.24, 2.45) is 0 Å². The predicted octanol–water partition coefficient (Wildman–Crippen LogP) is 15.7. The van der Waals surface area contributed by atoms with E-state index < -0.39 is 0 Å². The van der Waals surface area contributed by atoms with Gasteiger partial charge in [0.05, 0.1) is 18.8 Å². The average Bonchev–Trinajstić information content (AvgIpc) is 3.19. The third-order valence-electron chi connectivity index (χ3n) is 11.5. The molecule has 0 aliphatic heterocycles. The Kier molecular flexibility index (Phi) is 25.9. The molecule has 2 aromatic rings. The molecular formula is C50H80O4. The number of ether oxygens (including phenoxy) is 2. The molecular weight excluding hydrogens is 665 g/mol. The van der Waals surface area contributed by atoms with E-state index >= 15 is 0 Å². The summed E-state index contributed by atoms with van der Waals surface area (Å²) in [4.78, 5) is 27.2. The van der Waals surface area contributed by atoms with Gasteiger partial charge in [0.15, 0.2) is 23.1 Å². The monoisotopic (exact) mass is 745 g/mol. The molecule has 2 aromatic carbocycles. The first-order chi connectivity index (χ1) is 26.7. The van der Waals surface area contributed by atoms with Gasteiger partial charge < -0.3 is 9.47 Å². The fourth-order valence-electron chi connectivity index (χ4n) is 8.05. The van der Waals surface area contributed by atoms with Crippen LogP contribution in [0.1, 0.15) is 251 Å². The molecule has 0 fully saturated rings. The van der Waals surface area contributed by atoms with Gasteiger partial charge in [-0.05, 0) is 25.0 Å². The van der Waals surface area contributed by atoms with E-state index in [-0.39, 0.29) is 11.6 Å². The van der Waals surface area contributed by atoms with E-state index in [0.29, 0.717) is 47.0 Å². The number of hydrogen-bond donors (Lipinski definition) is 0. The molecule has 0 unspecified atom stereocenters. The van der Waals surface area contributed by atoms with Gasteiger partial charge in [-0.1, -0.05) is 231 Å². The standard InChI is InChI=1S/C50H80O4/c1-3-5-7-9-11-13-15-17-19-21-23-25-27-29-31-35-41-53-46-40-39-45-47(49(52)44-38-34-33-37-43(44)48(45)51)50(46)54-42-36-32-30-28-26-24-22-20-18-16-14-12-10-8-6-4-2/h33-34,37-40H,3-32,35-36,41-42H2,1-2H3. The zero-order chi connectivity index (χ0) is 38.3. The van der Waals surface area contributed by atoms with Crippen molar-refractivity contribution in [3.05, 3.63) is 58.7 Å². The smallest absolute Gasteiger partial charge is 0.198 e. The number of rotatable bonds is 36. The molecule has 3 rings (SSSR count). The van der Waals surface area contributed by atoms with Crippen molar-refractivity contribution in [1.29, 1.82) is 0 Å². The molecule has 1 aliphatic rings. The lowest BCUT2D eigenvalue weighted by atomic mass is 9.83. The van der Waals surface area contributed by atoms with Gasteiger partial charge in [-0.25, -0.2) is 0 Å². The summed E-state index contributed by atoms with van der Waals surface area (Å²) in [5.41, 5.74) is 1.73. The van der Waals surface area contributed by atoms with Gasteiger partial charge in [-0.15, -0.1) is 0 Å². The van der Waals surface area contributed by atoms with Crippen LogP contribution >= 0.6 is 0 Å². The van der Waals surface area contributed by atoms with Gasteiger partial charge >= 0.3 is 0 Å². The molecule has 0 atom stereocenters. The Morgan fingerprint density at radius 2 is 0.685 bits per heavy atom. The number of hydrogen-bond acceptors (Lipinski definition) is 4. The molecule has 0 bridgehead atoms. The van der Waals surface area contributed by atoms with E-state index in [2.05, 4.69) is 13.8 Å². The van der Waals surface area contributed by atoms with Crippen LogP contribution in [-0.2, 0) is 0 Å². The summed E-state index contributed by atoms with van der Waals surface area (Å²) in [6.45, 7) is 5.68. The van der Waals surface area contributed by atoms with Crippen LogP contribution in [0.2, 0.25) is 0 Å². The lowest BCUT2D eigenvalue weighted by Gasteiger charge is -2.22. The molecule has 0 radical (unpaired) electrons. The van der Waals surface area contributed by atoms with Crippen LogP contribution in [0.15, 0.2) is 36.4 Å². The SMILES string of the molecule is CCCCCCCCCCCCCCCCCCOc1ccc2c(c1OCCCCCCCCCCCCCCCCCC)C(=O)c1ccccc1C2=O. The van der Waals surface area contributed by atoms with Crippen LogP contribution in [0.5, 0.6) is 11.5 Å². The van der Waals surface area contributed by atoms with Crippen molar-refractivity contribution >= 4 is 11.6 Å². The highest BCUT2D eigenvalue weighted by molar-refractivity contribution is 6.29. The van der Waals surface area contributed by atoms with E-state index in [0.717, 1.165) is 25.7 Å². The predicted molar refractivity (Wildman–Crippen MR) is 230 cm³/mol. The normalized spacial score (nSPS) is 12.3. The first kappa shape index (κ1) is 45.8. The fourth-order valence-corrected chi connectivity index (χ4v) is 8.05. The largest absolute Gasteiger partial charge is 0.490 e. The minimum atomic E-state index is -0.143. The highest BCUT2D eigenvalue weighted by Crippen LogP contribution is 2.40. The van der Waals surface area contributed by atoms with Gasteiger partial charge in [0.2, 0.25) is 0 Å². The van der Waals surface area contributed by atoms with Crippen LogP contribution in [0.4, 0.5) is 0 Å². The van der Waals surface area contributed by atoms with Gasteiger partial charge in [0, 0.05) is 16.7 Å². The Bertz CT molecular complexity index is 1270. The van der Waals surface area contributed by atoms with Crippen LogP contribution in [0.25, 0.3) is 0 Å². The molecule has 0 N–H and O–H groups in total. The molecule has 4 nitrogen and oxygen atoms in total. The van der Waals surface area contributed by atoms with Gasteiger partial charge in [0.25, 0.3) is 0 Å². The van der Waals surface area contributed by atoms with Gasteiger partial charge in [-0.2, -0.15) is 0 Å². The molecule has 0 saturated heterocycles. The Morgan fingerprint density at radius 3 is 1.07 bits per heavy atom. The fraction of sp³-hybridized carbons (Fsp3) is 0.720. The van der Waals surface area contributed by atoms with Crippen LogP contribution in [0.3, 0.4) is 0 Å². The zero-order valence-electron chi connectivity index (χ0n) is 35.1. The highest BCUT2D eigenvalue weighted by atomic mass is 16.5. The first-order valence-electron chi connectivity index (χ1n) is 23.3. The zero-order valence-corrected chi connectivity index (χ0v) is 35.1. The maximum absolute atomic E-state index is 13.8. The molecule has 0 heterocycles. The van der Waals surface area contributed by atoms with Crippen LogP contribution in [0, 0.1) is 0 Å². The van der Waals surface area contributed by atoms with Crippen molar-refractivity contribution in [1.82, 2.24) is 0 Å². The second kappa shape index (κ2) is 30.6. The Hall–Kier alpha value is -2.62. The summed E-state index contributed by atoms with van der Waals surface area (Å²) >= 11 is 0. The van der Waals surface area contributed by atoms with Crippen molar-refractivity contribution in [2.45, 2.75) is 219 Å². The molecule has 54 heavy (non-hydrogen) atoms. The van der Waals surface area contributed by atoms with E-state index in [1.165, 1.54) is 180 Å². The van der Waals surface area contributed by atoms with Gasteiger partial charge in [0.1, 0.15) is 0 Å². The second-order valence-electron chi connectivity index (χ2n) is 16.3. The average molecular weight is 745 g/mol. The molecule has 0 aromatic heterocycles. The van der Waals surface area contributed by atoms with Gasteiger partial charge in [-0.3, -0.25) is 9.59 Å². The number of carbonyl (C=O) groups is 2. The van der Waals surface area contributed by atoms with Crippen molar-refractivity contribution < 1.29 is 19.1 Å². The van der Waals surface area contributed by atoms with Crippen LogP contribution < -0.4 is 9.47 Å². The topological polar surface area (TPSA) is 52.6 Å². The lowest BCUT2D eigenvalue weighted by molar-refractivity contribution is 0.0974. The third-order valence-corrected chi connectivity index (χ3v) is 11.5. The second-order valence-corrected chi connectivity index (χ2v) is 16.3. The number of ketones is 2. The lowest BCUT2D eigenvalue weighted by Crippen LogP contribution is -2.22. The van der Waals surface area contributed by atoms with E-state index in [1.807, 2.05) is 18.2 Å². The third kappa shape index (κ3) is 18.3. The minimum Gasteiger partial charge on any atom is -0.490 e. The quantitative estimate of drug-likeness (QED) is 0.0556. The highest BCUT2D eigenvalue weighted by Gasteiger charge is 2.34. The number of unbranched alkanes of at least 4 members (excludes halogenated alkanes) is 30. The summed E-state index contributed by atoms with van der Waals surface area (Å²) in [5.74, 6) is 0.788. The summed E-state index contributed by atoms with van der Waals surface area (Å²) in [6.07, 6.45) is 42.5. The van der Waals surface area contributed by atoms with E-state index in [9.17, 15) is 9.59 Å². The molecule has 304 valence electrons. The number of benzene rings is 2. The summed E-state index contributed by atoms with van der Waals surface area (Å²) in [5, 5.41) is 0. The summed E-state index contributed by atoms with van der Waals surface area (Å²) in [6, 6.07) is 10.7. The van der Waals surface area contributed by atoms with Crippen molar-refractivity contribution in [2.75, 3.05) is 13.2 Å². The summed E-state index contributed by atoms with van der Waals surface area (Å²) < 4.78 is 12.7. The summed E-state index contributed by atoms with van der Waals surface area (Å²) in [7, 11) is 0. The first-order valence-corrected chi connectivity index (χ1v) is 23.3. The van der Waals surface area contributed by atoms with Crippen LogP contribution in [-0.4, -0.2) is 24.8 Å². The Balaban J connectivity index is 1.32. The molecule has 4 heteroatoms. The maximum Gasteiger partial charge on any atom is 0.198 e. The minimum absolute atomic E-state index is 0.114. The van der Waals surface area contributed by atoms with Crippen molar-refractivity contribution in [3.63, 3.8) is 0 Å². The Labute approximate surface area is 332 Å². The van der Waals surface area contributed by atoms with E-state index in [4.69, 9.17) is 9.47 Å². The molecule has 0 spiro atoms. The molecule has 0 saturated carbocycles. The number of carbonyl (C=O) groups excluding carboxylic acids is 2. The molecule has 0 amide bonds. The molecule has 1 aliphatic carbocycles. The van der Waals surface area contributed by atoms with E-state index in [1.54, 1.807) is 18.2 Å². The maximum atomic E-state index is 13.8. The Morgan fingerprint density at radius 1 is 0.352 bits per heavy atom.